The molecule has 0 amide bonds. The predicted octanol–water partition coefficient (Wildman–Crippen LogP) is 1.26. The van der Waals surface area contributed by atoms with Crippen molar-refractivity contribution in [2.45, 2.75) is 0 Å². The number of carbonyl (C=O) groups is 1. The standard InChI is InChI=1S/C10H7O3/c11-7-9(10(12)13)6-8-4-2-1-3-5-8/h1-6H,(H,12,13). The molecule has 1 N–H and O–H groups in total. The molecular weight excluding hydrogens is 168 g/mol. The van der Waals surface area contributed by atoms with Gasteiger partial charge in [0, 0.05) is 0 Å². The van der Waals surface area contributed by atoms with Crippen molar-refractivity contribution in [3.8, 4) is 0 Å². The van der Waals surface area contributed by atoms with E-state index >= 15 is 0 Å². The molecule has 0 atom stereocenters. The lowest BCUT2D eigenvalue weighted by Gasteiger charge is -1.92. The van der Waals surface area contributed by atoms with Gasteiger partial charge < -0.3 is 5.11 Å². The summed E-state index contributed by atoms with van der Waals surface area (Å²) in [6.07, 6.45) is 2.63. The van der Waals surface area contributed by atoms with E-state index in [1.54, 1.807) is 24.3 Å². The Morgan fingerprint density at radius 3 is 2.38 bits per heavy atom. The zero-order valence-electron chi connectivity index (χ0n) is 6.73. The molecule has 0 heterocycles. The summed E-state index contributed by atoms with van der Waals surface area (Å²) < 4.78 is 0. The summed E-state index contributed by atoms with van der Waals surface area (Å²) in [6, 6.07) is 8.75. The molecule has 1 aromatic rings. The molecule has 0 aliphatic rings. The highest BCUT2D eigenvalue weighted by atomic mass is 16.4. The molecule has 1 rings (SSSR count). The molecular formula is C10H7O3. The Hall–Kier alpha value is -1.90. The number of rotatable bonds is 3. The van der Waals surface area contributed by atoms with E-state index in [0.29, 0.717) is 5.56 Å². The van der Waals surface area contributed by atoms with E-state index < -0.39 is 5.97 Å². The molecule has 0 saturated carbocycles. The Kier molecular flexibility index (Phi) is 2.97. The second-order valence-electron chi connectivity index (χ2n) is 2.38. The maximum atomic E-state index is 10.4. The number of carboxylic acid groups (broad SMARTS) is 1. The first kappa shape index (κ1) is 9.19. The Bertz CT molecular complexity index is 338. The lowest BCUT2D eigenvalue weighted by Crippen LogP contribution is -2.00. The molecule has 0 aromatic heterocycles. The van der Waals surface area contributed by atoms with E-state index in [-0.39, 0.29) is 5.57 Å². The Morgan fingerprint density at radius 1 is 1.31 bits per heavy atom. The van der Waals surface area contributed by atoms with Crippen molar-refractivity contribution < 1.29 is 14.7 Å². The minimum absolute atomic E-state index is 0.369. The number of hydrogen-bond donors (Lipinski definition) is 1. The third kappa shape index (κ3) is 2.56. The molecule has 1 aromatic carbocycles. The van der Waals surface area contributed by atoms with Gasteiger partial charge in [-0.15, -0.1) is 0 Å². The summed E-state index contributed by atoms with van der Waals surface area (Å²) in [5.74, 6) is -1.26. The number of carbonyl (C=O) groups excluding carboxylic acids is 1. The van der Waals surface area contributed by atoms with Gasteiger partial charge in [-0.3, -0.25) is 4.79 Å². The van der Waals surface area contributed by atoms with Gasteiger partial charge in [0.05, 0.1) is 0 Å². The smallest absolute Gasteiger partial charge is 0.339 e. The van der Waals surface area contributed by atoms with Crippen LogP contribution in [0.2, 0.25) is 0 Å². The average molecular weight is 175 g/mol. The highest BCUT2D eigenvalue weighted by Gasteiger charge is 2.05. The van der Waals surface area contributed by atoms with Crippen LogP contribution in [0.15, 0.2) is 35.9 Å². The molecule has 0 spiro atoms. The third-order valence-electron chi connectivity index (χ3n) is 1.45. The average Bonchev–Trinajstić information content (AvgIpc) is 2.15. The van der Waals surface area contributed by atoms with Crippen LogP contribution in [0.1, 0.15) is 5.56 Å². The van der Waals surface area contributed by atoms with Crippen LogP contribution in [0.3, 0.4) is 0 Å². The fourth-order valence-electron chi connectivity index (χ4n) is 0.851. The monoisotopic (exact) mass is 175 g/mol. The first-order chi connectivity index (χ1) is 6.24. The summed E-state index contributed by atoms with van der Waals surface area (Å²) >= 11 is 0. The van der Waals surface area contributed by atoms with Crippen LogP contribution >= 0.6 is 0 Å². The first-order valence-corrected chi connectivity index (χ1v) is 3.62. The van der Waals surface area contributed by atoms with Crippen molar-refractivity contribution in [1.29, 1.82) is 0 Å². The largest absolute Gasteiger partial charge is 0.478 e. The highest BCUT2D eigenvalue weighted by molar-refractivity contribution is 6.11. The lowest BCUT2D eigenvalue weighted by atomic mass is 10.1. The van der Waals surface area contributed by atoms with Crippen molar-refractivity contribution >= 4 is 18.3 Å². The van der Waals surface area contributed by atoms with Crippen LogP contribution < -0.4 is 0 Å². The van der Waals surface area contributed by atoms with Gasteiger partial charge in [-0.1, -0.05) is 30.3 Å². The molecule has 3 nitrogen and oxygen atoms in total. The van der Waals surface area contributed by atoms with E-state index in [2.05, 4.69) is 0 Å². The van der Waals surface area contributed by atoms with Crippen LogP contribution in [0.25, 0.3) is 6.08 Å². The number of aliphatic carboxylic acids is 1. The summed E-state index contributed by atoms with van der Waals surface area (Å²) in [6.45, 7) is 0. The molecule has 0 fully saturated rings. The van der Waals surface area contributed by atoms with Gasteiger partial charge in [0.1, 0.15) is 5.57 Å². The second-order valence-corrected chi connectivity index (χ2v) is 2.38. The lowest BCUT2D eigenvalue weighted by molar-refractivity contribution is -0.131. The van der Waals surface area contributed by atoms with Gasteiger partial charge in [0.15, 0.2) is 0 Å². The summed E-state index contributed by atoms with van der Waals surface area (Å²) in [5.41, 5.74) is 0.300. The summed E-state index contributed by atoms with van der Waals surface area (Å²) in [5, 5.41) is 8.50. The van der Waals surface area contributed by atoms with Crippen LogP contribution in [0, 0.1) is 0 Å². The SMILES string of the molecule is O=[C]C(=Cc1ccccc1)C(=O)O. The van der Waals surface area contributed by atoms with E-state index in [1.807, 2.05) is 6.07 Å². The van der Waals surface area contributed by atoms with Gasteiger partial charge >= 0.3 is 5.97 Å². The second kappa shape index (κ2) is 4.21. The topological polar surface area (TPSA) is 54.4 Å². The van der Waals surface area contributed by atoms with Crippen LogP contribution in [0.5, 0.6) is 0 Å². The van der Waals surface area contributed by atoms with Gasteiger partial charge in [-0.25, -0.2) is 4.79 Å². The highest BCUT2D eigenvalue weighted by Crippen LogP contribution is 2.04. The molecule has 13 heavy (non-hydrogen) atoms. The molecule has 0 bridgehead atoms. The fourth-order valence-corrected chi connectivity index (χ4v) is 0.851. The molecule has 0 saturated heterocycles. The maximum absolute atomic E-state index is 10.4. The van der Waals surface area contributed by atoms with Crippen molar-refractivity contribution in [2.24, 2.45) is 0 Å². The normalized spacial score (nSPS) is 10.9. The Labute approximate surface area is 75.3 Å². The summed E-state index contributed by atoms with van der Waals surface area (Å²) in [7, 11) is 0. The van der Waals surface area contributed by atoms with Crippen LogP contribution in [0.4, 0.5) is 0 Å². The quantitative estimate of drug-likeness (QED) is 0.427. The van der Waals surface area contributed by atoms with Gasteiger partial charge in [0.2, 0.25) is 6.29 Å². The van der Waals surface area contributed by atoms with Crippen molar-refractivity contribution in [3.05, 3.63) is 41.5 Å². The predicted molar refractivity (Wildman–Crippen MR) is 47.7 cm³/mol. The van der Waals surface area contributed by atoms with E-state index in [9.17, 15) is 9.59 Å². The van der Waals surface area contributed by atoms with E-state index in [1.165, 1.54) is 12.4 Å². The molecule has 0 unspecified atom stereocenters. The Morgan fingerprint density at radius 2 is 1.92 bits per heavy atom. The molecule has 3 heteroatoms. The van der Waals surface area contributed by atoms with Crippen molar-refractivity contribution in [1.82, 2.24) is 0 Å². The van der Waals surface area contributed by atoms with Gasteiger partial charge in [-0.05, 0) is 11.6 Å². The maximum Gasteiger partial charge on any atom is 0.339 e. The van der Waals surface area contributed by atoms with Gasteiger partial charge in [-0.2, -0.15) is 0 Å². The fraction of sp³-hybridized carbons (Fsp3) is 0. The van der Waals surface area contributed by atoms with Crippen LogP contribution in [-0.2, 0) is 9.59 Å². The van der Waals surface area contributed by atoms with Crippen LogP contribution in [-0.4, -0.2) is 17.4 Å². The van der Waals surface area contributed by atoms with Crippen molar-refractivity contribution in [2.75, 3.05) is 0 Å². The minimum atomic E-state index is -1.26. The van der Waals surface area contributed by atoms with E-state index in [0.717, 1.165) is 0 Å². The Balaban J connectivity index is 2.98. The third-order valence-corrected chi connectivity index (χ3v) is 1.45. The summed E-state index contributed by atoms with van der Waals surface area (Å²) in [4.78, 5) is 20.6. The molecule has 1 radical (unpaired) electrons. The molecule has 0 aliphatic heterocycles. The number of hydrogen-bond acceptors (Lipinski definition) is 2. The zero-order chi connectivity index (χ0) is 9.68. The number of benzene rings is 1. The van der Waals surface area contributed by atoms with E-state index in [4.69, 9.17) is 5.11 Å². The minimum Gasteiger partial charge on any atom is -0.478 e. The molecule has 0 aliphatic carbocycles. The first-order valence-electron chi connectivity index (χ1n) is 3.62. The van der Waals surface area contributed by atoms with Crippen molar-refractivity contribution in [3.63, 3.8) is 0 Å². The zero-order valence-corrected chi connectivity index (χ0v) is 6.73. The van der Waals surface area contributed by atoms with Gasteiger partial charge in [0.25, 0.3) is 0 Å². The number of carboxylic acids is 1. The molecule has 65 valence electrons.